The van der Waals surface area contributed by atoms with Crippen LogP contribution >= 0.6 is 0 Å². The molecule has 1 heteroatoms. The van der Waals surface area contributed by atoms with Crippen molar-refractivity contribution in [2.45, 2.75) is 31.6 Å². The van der Waals surface area contributed by atoms with Gasteiger partial charge in [0.1, 0.15) is 0 Å². The minimum Gasteiger partial charge on any atom is -0.396 e. The molecule has 0 heterocycles. The minimum absolute atomic E-state index is 0.223. The molecule has 1 fully saturated rings. The average Bonchev–Trinajstić information content (AvgIpc) is 3.10. The van der Waals surface area contributed by atoms with Crippen LogP contribution in [0, 0.1) is 0 Å². The van der Waals surface area contributed by atoms with E-state index in [1.807, 2.05) is 6.08 Å². The third-order valence-corrected chi connectivity index (χ3v) is 3.18. The lowest BCUT2D eigenvalue weighted by atomic mass is 9.90. The number of aliphatic hydroxyl groups excluding tert-OH is 1. The maximum atomic E-state index is 9.25. The van der Waals surface area contributed by atoms with Gasteiger partial charge in [0, 0.05) is 12.5 Å². The van der Waals surface area contributed by atoms with Gasteiger partial charge in [-0.3, -0.25) is 0 Å². The van der Waals surface area contributed by atoms with Crippen molar-refractivity contribution in [3.05, 3.63) is 41.5 Å². The number of hydrogen-bond acceptors (Lipinski definition) is 1. The molecule has 0 radical (unpaired) electrons. The molecule has 1 aliphatic rings. The number of benzene rings is 1. The number of hydrogen-bond donors (Lipinski definition) is 1. The first-order chi connectivity index (χ1) is 7.27. The maximum Gasteiger partial charge on any atom is 0.0497 e. The molecule has 0 aliphatic heterocycles. The maximum absolute atomic E-state index is 9.25. The average molecular weight is 202 g/mol. The molecule has 0 amide bonds. The van der Waals surface area contributed by atoms with Gasteiger partial charge in [-0.1, -0.05) is 37.8 Å². The summed E-state index contributed by atoms with van der Waals surface area (Å²) in [6, 6.07) is 6.32. The fourth-order valence-corrected chi connectivity index (χ4v) is 2.15. The zero-order valence-corrected chi connectivity index (χ0v) is 9.24. The van der Waals surface area contributed by atoms with Crippen LogP contribution < -0.4 is 0 Å². The van der Waals surface area contributed by atoms with Gasteiger partial charge >= 0.3 is 0 Å². The van der Waals surface area contributed by atoms with E-state index in [9.17, 15) is 5.11 Å². The normalized spacial score (nSPS) is 17.5. The van der Waals surface area contributed by atoms with Crippen LogP contribution in [0.2, 0.25) is 0 Å². The molecule has 1 aromatic carbocycles. The molecule has 1 aliphatic carbocycles. The Morgan fingerprint density at radius 2 is 2.27 bits per heavy atom. The molecule has 0 spiro atoms. The Morgan fingerprint density at radius 1 is 1.53 bits per heavy atom. The molecule has 0 bridgehead atoms. The van der Waals surface area contributed by atoms with Crippen LogP contribution in [0.1, 0.15) is 48.3 Å². The van der Waals surface area contributed by atoms with Crippen molar-refractivity contribution in [2.24, 2.45) is 0 Å². The Balaban J connectivity index is 2.47. The van der Waals surface area contributed by atoms with E-state index in [4.69, 9.17) is 0 Å². The van der Waals surface area contributed by atoms with Crippen molar-refractivity contribution in [1.82, 2.24) is 0 Å². The lowest BCUT2D eigenvalue weighted by Crippen LogP contribution is -2.04. The Morgan fingerprint density at radius 3 is 2.80 bits per heavy atom. The third kappa shape index (κ3) is 1.98. The third-order valence-electron chi connectivity index (χ3n) is 3.18. The van der Waals surface area contributed by atoms with Crippen LogP contribution in [-0.4, -0.2) is 11.7 Å². The highest BCUT2D eigenvalue weighted by atomic mass is 16.3. The summed E-state index contributed by atoms with van der Waals surface area (Å²) in [5.74, 6) is 0.948. The van der Waals surface area contributed by atoms with Crippen molar-refractivity contribution < 1.29 is 5.11 Å². The van der Waals surface area contributed by atoms with Crippen LogP contribution in [0.5, 0.6) is 0 Å². The summed E-state index contributed by atoms with van der Waals surface area (Å²) in [6.45, 7) is 6.17. The van der Waals surface area contributed by atoms with Gasteiger partial charge in [-0.05, 0) is 35.4 Å². The summed E-state index contributed by atoms with van der Waals surface area (Å²) in [6.07, 6.45) is 4.51. The zero-order chi connectivity index (χ0) is 10.8. The van der Waals surface area contributed by atoms with Crippen molar-refractivity contribution >= 4 is 6.08 Å². The number of aliphatic hydroxyl groups is 1. The second-order valence-electron chi connectivity index (χ2n) is 4.41. The first kappa shape index (κ1) is 10.4. The summed E-state index contributed by atoms with van der Waals surface area (Å²) < 4.78 is 0. The summed E-state index contributed by atoms with van der Waals surface area (Å²) in [7, 11) is 0. The Bertz CT molecular complexity index is 364. The van der Waals surface area contributed by atoms with E-state index in [0.29, 0.717) is 5.92 Å². The topological polar surface area (TPSA) is 20.2 Å². The van der Waals surface area contributed by atoms with Crippen LogP contribution in [0.3, 0.4) is 0 Å². The summed E-state index contributed by atoms with van der Waals surface area (Å²) in [5, 5.41) is 9.25. The summed E-state index contributed by atoms with van der Waals surface area (Å²) >= 11 is 0. The highest BCUT2D eigenvalue weighted by molar-refractivity contribution is 5.57. The fourth-order valence-electron chi connectivity index (χ4n) is 2.15. The van der Waals surface area contributed by atoms with Gasteiger partial charge in [0.05, 0.1) is 0 Å². The van der Waals surface area contributed by atoms with Crippen molar-refractivity contribution in [1.29, 1.82) is 0 Å². The van der Waals surface area contributed by atoms with E-state index in [0.717, 1.165) is 0 Å². The van der Waals surface area contributed by atoms with Crippen molar-refractivity contribution in [2.75, 3.05) is 6.61 Å². The monoisotopic (exact) mass is 202 g/mol. The van der Waals surface area contributed by atoms with Crippen LogP contribution in [0.25, 0.3) is 6.08 Å². The number of rotatable bonds is 4. The lowest BCUT2D eigenvalue weighted by molar-refractivity contribution is 0.272. The van der Waals surface area contributed by atoms with Gasteiger partial charge < -0.3 is 5.11 Å². The van der Waals surface area contributed by atoms with E-state index >= 15 is 0 Å². The fraction of sp³-hybridized carbons (Fsp3) is 0.429. The van der Waals surface area contributed by atoms with Gasteiger partial charge in [-0.2, -0.15) is 0 Å². The molecular formula is C14H18O. The van der Waals surface area contributed by atoms with Crippen molar-refractivity contribution in [3.63, 3.8) is 0 Å². The molecule has 1 N–H and O–H groups in total. The molecule has 1 unspecified atom stereocenters. The second kappa shape index (κ2) is 4.19. The van der Waals surface area contributed by atoms with Crippen LogP contribution in [-0.2, 0) is 0 Å². The van der Waals surface area contributed by atoms with Crippen LogP contribution in [0.15, 0.2) is 24.8 Å². The predicted molar refractivity (Wildman–Crippen MR) is 64.0 cm³/mol. The summed E-state index contributed by atoms with van der Waals surface area (Å²) in [4.78, 5) is 0. The van der Waals surface area contributed by atoms with E-state index < -0.39 is 0 Å². The van der Waals surface area contributed by atoms with E-state index in [1.165, 1.54) is 29.5 Å². The Hall–Kier alpha value is -1.08. The molecule has 0 saturated heterocycles. The first-order valence-electron chi connectivity index (χ1n) is 5.64. The van der Waals surface area contributed by atoms with Gasteiger partial charge in [0.15, 0.2) is 0 Å². The molecule has 1 atom stereocenters. The highest BCUT2D eigenvalue weighted by Gasteiger charge is 2.28. The van der Waals surface area contributed by atoms with Gasteiger partial charge in [0.25, 0.3) is 0 Å². The van der Waals surface area contributed by atoms with Gasteiger partial charge in [-0.25, -0.2) is 0 Å². The first-order valence-corrected chi connectivity index (χ1v) is 5.64. The van der Waals surface area contributed by atoms with E-state index in [2.05, 4.69) is 31.7 Å². The highest BCUT2D eigenvalue weighted by Crippen LogP contribution is 2.45. The molecule has 2 rings (SSSR count). The van der Waals surface area contributed by atoms with Gasteiger partial charge in [-0.15, -0.1) is 0 Å². The smallest absolute Gasteiger partial charge is 0.0497 e. The molecule has 1 saturated carbocycles. The summed E-state index contributed by atoms with van der Waals surface area (Å²) in [5.41, 5.74) is 3.97. The van der Waals surface area contributed by atoms with E-state index in [1.54, 1.807) is 0 Å². The molecular weight excluding hydrogens is 184 g/mol. The quantitative estimate of drug-likeness (QED) is 0.794. The molecule has 0 aromatic heterocycles. The van der Waals surface area contributed by atoms with Crippen LogP contribution in [0.4, 0.5) is 0 Å². The largest absolute Gasteiger partial charge is 0.396 e. The standard InChI is InChI=1S/C14H18O/c1-3-11-5-4-6-13(10(2)9-15)14(11)12-7-8-12/h3-6,10,12,15H,1,7-9H2,2H3. The van der Waals surface area contributed by atoms with Crippen molar-refractivity contribution in [3.8, 4) is 0 Å². The van der Waals surface area contributed by atoms with Gasteiger partial charge in [0.2, 0.25) is 0 Å². The minimum atomic E-state index is 0.223. The molecule has 1 nitrogen and oxygen atoms in total. The Labute approximate surface area is 91.4 Å². The second-order valence-corrected chi connectivity index (χ2v) is 4.41. The molecule has 1 aromatic rings. The molecule has 15 heavy (non-hydrogen) atoms. The lowest BCUT2D eigenvalue weighted by Gasteiger charge is -2.16. The Kier molecular flexibility index (Phi) is 2.92. The zero-order valence-electron chi connectivity index (χ0n) is 9.24. The SMILES string of the molecule is C=Cc1cccc(C(C)CO)c1C1CC1. The van der Waals surface area contributed by atoms with E-state index in [-0.39, 0.29) is 12.5 Å². The predicted octanol–water partition coefficient (Wildman–Crippen LogP) is 3.30. The molecule has 80 valence electrons.